The number of hydrogen-bond donors (Lipinski definition) is 1. The smallest absolute Gasteiger partial charge is 0.450 e. The number of nitrogens with one attached hydrogen (secondary N) is 1. The molecule has 1 heterocycles. The van der Waals surface area contributed by atoms with Crippen LogP contribution >= 0.6 is 0 Å². The highest BCUT2D eigenvalue weighted by Crippen LogP contribution is 2.23. The molecule has 0 aliphatic carbocycles. The second kappa shape index (κ2) is 9.29. The fraction of sp³-hybridized carbons (Fsp3) is 0.444. The van der Waals surface area contributed by atoms with Crippen LogP contribution in [0.5, 0.6) is 5.75 Å². The fourth-order valence-corrected chi connectivity index (χ4v) is 2.62. The zero-order valence-electron chi connectivity index (χ0n) is 14.8. The van der Waals surface area contributed by atoms with E-state index in [1.54, 1.807) is 11.8 Å². The van der Waals surface area contributed by atoms with E-state index in [-0.39, 0.29) is 23.8 Å². The first-order valence-corrected chi connectivity index (χ1v) is 8.53. The van der Waals surface area contributed by atoms with Gasteiger partial charge in [0.1, 0.15) is 5.75 Å². The summed E-state index contributed by atoms with van der Waals surface area (Å²) in [6.07, 6.45) is -1.01. The lowest BCUT2D eigenvalue weighted by molar-refractivity contribution is -0.274. The van der Waals surface area contributed by atoms with Gasteiger partial charge in [0.15, 0.2) is 0 Å². The number of hydrogen-bond acceptors (Lipinski definition) is 4. The highest BCUT2D eigenvalue weighted by Gasteiger charge is 2.30. The molecule has 148 valence electrons. The summed E-state index contributed by atoms with van der Waals surface area (Å²) in [5.41, 5.74) is 0.566. The molecule has 0 saturated carbocycles. The van der Waals surface area contributed by atoms with Gasteiger partial charge in [-0.2, -0.15) is 0 Å². The third kappa shape index (κ3) is 7.20. The highest BCUT2D eigenvalue weighted by molar-refractivity contribution is 5.91. The fourth-order valence-electron chi connectivity index (χ4n) is 2.62. The molecular formula is C18H21F3N2O4. The summed E-state index contributed by atoms with van der Waals surface area (Å²) in [5, 5.41) is 2.85. The van der Waals surface area contributed by atoms with E-state index in [9.17, 15) is 22.8 Å². The normalized spacial score (nSPS) is 15.6. The third-order valence-electron chi connectivity index (χ3n) is 3.91. The predicted molar refractivity (Wildman–Crippen MR) is 91.9 cm³/mol. The van der Waals surface area contributed by atoms with Crippen molar-refractivity contribution in [1.82, 2.24) is 10.2 Å². The number of benzene rings is 1. The number of halogens is 3. The Labute approximate surface area is 154 Å². The van der Waals surface area contributed by atoms with Crippen molar-refractivity contribution >= 4 is 18.1 Å². The van der Waals surface area contributed by atoms with Crippen molar-refractivity contribution in [2.45, 2.75) is 32.2 Å². The van der Waals surface area contributed by atoms with Crippen LogP contribution in [-0.2, 0) is 9.53 Å². The van der Waals surface area contributed by atoms with Crippen molar-refractivity contribution in [2.24, 2.45) is 0 Å². The van der Waals surface area contributed by atoms with Crippen LogP contribution in [0.15, 0.2) is 30.3 Å². The molecule has 9 heteroatoms. The molecule has 0 unspecified atom stereocenters. The average Bonchev–Trinajstić information content (AvgIpc) is 2.61. The molecule has 6 nitrogen and oxygen atoms in total. The Morgan fingerprint density at radius 2 is 1.85 bits per heavy atom. The predicted octanol–water partition coefficient (Wildman–Crippen LogP) is 3.34. The lowest BCUT2D eigenvalue weighted by atomic mass is 10.1. The number of amides is 2. The van der Waals surface area contributed by atoms with Crippen LogP contribution in [0.2, 0.25) is 0 Å². The maximum absolute atomic E-state index is 12.1. The number of rotatable bonds is 5. The number of carbonyl (C=O) groups excluding carboxylic acids is 2. The molecule has 2 amide bonds. The average molecular weight is 386 g/mol. The lowest BCUT2D eigenvalue weighted by Gasteiger charge is -2.31. The van der Waals surface area contributed by atoms with Gasteiger partial charge in [0, 0.05) is 25.2 Å². The van der Waals surface area contributed by atoms with Crippen LogP contribution in [0.4, 0.5) is 18.0 Å². The zero-order chi connectivity index (χ0) is 19.9. The van der Waals surface area contributed by atoms with Crippen molar-refractivity contribution in [2.75, 3.05) is 19.7 Å². The van der Waals surface area contributed by atoms with E-state index >= 15 is 0 Å². The number of nitrogens with zero attached hydrogens (tertiary/aromatic N) is 1. The van der Waals surface area contributed by atoms with Crippen molar-refractivity contribution in [3.8, 4) is 5.75 Å². The lowest BCUT2D eigenvalue weighted by Crippen LogP contribution is -2.46. The Balaban J connectivity index is 1.78. The Bertz CT molecular complexity index is 666. The molecule has 1 aromatic carbocycles. The van der Waals surface area contributed by atoms with E-state index in [0.29, 0.717) is 38.1 Å². The molecule has 1 aliphatic rings. The minimum atomic E-state index is -4.74. The number of piperidine rings is 1. The van der Waals surface area contributed by atoms with E-state index in [1.807, 2.05) is 0 Å². The minimum Gasteiger partial charge on any atom is -0.450 e. The highest BCUT2D eigenvalue weighted by atomic mass is 19.4. The van der Waals surface area contributed by atoms with Crippen LogP contribution in [0, 0.1) is 0 Å². The summed E-state index contributed by atoms with van der Waals surface area (Å²) >= 11 is 0. The molecular weight excluding hydrogens is 365 g/mol. The maximum Gasteiger partial charge on any atom is 0.573 e. The Morgan fingerprint density at radius 3 is 2.41 bits per heavy atom. The Kier molecular flexibility index (Phi) is 7.09. The zero-order valence-corrected chi connectivity index (χ0v) is 14.8. The van der Waals surface area contributed by atoms with E-state index in [0.717, 1.165) is 0 Å². The minimum absolute atomic E-state index is 0.0459. The topological polar surface area (TPSA) is 67.9 Å². The van der Waals surface area contributed by atoms with Crippen LogP contribution in [0.25, 0.3) is 6.08 Å². The van der Waals surface area contributed by atoms with Crippen molar-refractivity contribution in [3.05, 3.63) is 35.9 Å². The number of carbonyl (C=O) groups is 2. The molecule has 2 rings (SSSR count). The van der Waals surface area contributed by atoms with Gasteiger partial charge >= 0.3 is 12.5 Å². The van der Waals surface area contributed by atoms with Crippen molar-refractivity contribution in [3.63, 3.8) is 0 Å². The summed E-state index contributed by atoms with van der Waals surface area (Å²) in [6.45, 7) is 3.08. The molecule has 0 bridgehead atoms. The van der Waals surface area contributed by atoms with Crippen LogP contribution in [-0.4, -0.2) is 49.0 Å². The van der Waals surface area contributed by atoms with E-state index in [1.165, 1.54) is 36.4 Å². The summed E-state index contributed by atoms with van der Waals surface area (Å²) in [7, 11) is 0. The number of alkyl halides is 3. The van der Waals surface area contributed by atoms with Gasteiger partial charge < -0.3 is 19.7 Å². The molecule has 27 heavy (non-hydrogen) atoms. The first-order chi connectivity index (χ1) is 12.8. The van der Waals surface area contributed by atoms with E-state index < -0.39 is 6.36 Å². The molecule has 0 aromatic heterocycles. The molecule has 1 saturated heterocycles. The molecule has 1 aromatic rings. The van der Waals surface area contributed by atoms with Gasteiger partial charge in [0.2, 0.25) is 5.91 Å². The quantitative estimate of drug-likeness (QED) is 0.789. The van der Waals surface area contributed by atoms with Crippen LogP contribution < -0.4 is 10.1 Å². The van der Waals surface area contributed by atoms with Crippen LogP contribution in [0.3, 0.4) is 0 Å². The Hall–Kier alpha value is -2.71. The first-order valence-electron chi connectivity index (χ1n) is 8.53. The van der Waals surface area contributed by atoms with Gasteiger partial charge in [-0.15, -0.1) is 13.2 Å². The number of ether oxygens (including phenoxy) is 2. The SMILES string of the molecule is CCOC(=O)N1CCC(NC(=O)/C=C/c2ccc(OC(F)(F)F)cc2)CC1. The van der Waals surface area contributed by atoms with Crippen molar-refractivity contribution in [1.29, 1.82) is 0 Å². The number of likely N-dealkylation sites (tertiary alicyclic amines) is 1. The molecule has 0 atom stereocenters. The maximum atomic E-state index is 12.1. The standard InChI is InChI=1S/C18H21F3N2O4/c1-2-26-17(25)23-11-9-14(10-12-23)22-16(24)8-5-13-3-6-15(7-4-13)27-18(19,20)21/h3-8,14H,2,9-12H2,1H3,(H,22,24)/b8-5+. The van der Waals surface area contributed by atoms with E-state index in [4.69, 9.17) is 4.74 Å². The molecule has 0 spiro atoms. The van der Waals surface area contributed by atoms with Gasteiger partial charge in [-0.3, -0.25) is 4.79 Å². The van der Waals surface area contributed by atoms with Crippen molar-refractivity contribution < 1.29 is 32.2 Å². The van der Waals surface area contributed by atoms with Gasteiger partial charge in [-0.25, -0.2) is 4.79 Å². The first kappa shape index (κ1) is 20.6. The molecule has 0 radical (unpaired) electrons. The molecule has 1 N–H and O–H groups in total. The van der Waals surface area contributed by atoms with Gasteiger partial charge in [0.05, 0.1) is 6.61 Å². The second-order valence-electron chi connectivity index (χ2n) is 5.92. The largest absolute Gasteiger partial charge is 0.573 e. The van der Waals surface area contributed by atoms with E-state index in [2.05, 4.69) is 10.1 Å². The monoisotopic (exact) mass is 386 g/mol. The molecule has 1 fully saturated rings. The second-order valence-corrected chi connectivity index (χ2v) is 5.92. The molecule has 1 aliphatic heterocycles. The summed E-state index contributed by atoms with van der Waals surface area (Å²) < 4.78 is 45.0. The Morgan fingerprint density at radius 1 is 1.22 bits per heavy atom. The summed E-state index contributed by atoms with van der Waals surface area (Å²) in [5.74, 6) is -0.627. The van der Waals surface area contributed by atoms with Gasteiger partial charge in [0.25, 0.3) is 0 Å². The van der Waals surface area contributed by atoms with Gasteiger partial charge in [-0.1, -0.05) is 12.1 Å². The third-order valence-corrected chi connectivity index (χ3v) is 3.91. The summed E-state index contributed by atoms with van der Waals surface area (Å²) in [4.78, 5) is 25.2. The van der Waals surface area contributed by atoms with Crippen LogP contribution in [0.1, 0.15) is 25.3 Å². The summed E-state index contributed by atoms with van der Waals surface area (Å²) in [6, 6.07) is 5.15. The van der Waals surface area contributed by atoms with Gasteiger partial charge in [-0.05, 0) is 43.5 Å².